The number of esters is 1. The number of aromatic nitrogens is 2. The molecule has 1 atom stereocenters. The highest BCUT2D eigenvalue weighted by Gasteiger charge is 2.23. The number of fused-ring (bicyclic) bond motifs is 1. The molecule has 1 heterocycles. The summed E-state index contributed by atoms with van der Waals surface area (Å²) in [6, 6.07) is 13.4. The van der Waals surface area contributed by atoms with E-state index in [-0.39, 0.29) is 11.3 Å². The molecular formula is C19H15ClF2N2O2. The summed E-state index contributed by atoms with van der Waals surface area (Å²) in [5.74, 6) is -0.658. The Labute approximate surface area is 153 Å². The molecule has 3 aromatic rings. The molecule has 7 heteroatoms. The fourth-order valence-electron chi connectivity index (χ4n) is 2.56. The number of para-hydroxylation sites is 2. The van der Waals surface area contributed by atoms with Crippen molar-refractivity contribution in [2.24, 2.45) is 0 Å². The predicted molar refractivity (Wildman–Crippen MR) is 96.0 cm³/mol. The van der Waals surface area contributed by atoms with Crippen molar-refractivity contribution in [1.29, 1.82) is 0 Å². The van der Waals surface area contributed by atoms with Gasteiger partial charge in [0.25, 0.3) is 0 Å². The highest BCUT2D eigenvalue weighted by Crippen LogP contribution is 2.28. The van der Waals surface area contributed by atoms with Gasteiger partial charge >= 0.3 is 12.5 Å². The summed E-state index contributed by atoms with van der Waals surface area (Å²) in [5.41, 5.74) is 1.47. The first-order valence-electron chi connectivity index (χ1n) is 7.85. The first-order valence-corrected chi connectivity index (χ1v) is 8.23. The van der Waals surface area contributed by atoms with Crippen molar-refractivity contribution in [3.8, 4) is 0 Å². The lowest BCUT2D eigenvalue weighted by molar-refractivity contribution is -0.143. The Hall–Kier alpha value is -2.73. The van der Waals surface area contributed by atoms with E-state index in [1.165, 1.54) is 13.0 Å². The molecule has 3 rings (SSSR count). The second-order valence-corrected chi connectivity index (χ2v) is 6.01. The molecular weight excluding hydrogens is 362 g/mol. The van der Waals surface area contributed by atoms with Gasteiger partial charge in [-0.1, -0.05) is 35.9 Å². The van der Waals surface area contributed by atoms with Gasteiger partial charge in [-0.15, -0.1) is 0 Å². The number of hydrogen-bond acceptors (Lipinski definition) is 3. The molecule has 1 unspecified atom stereocenters. The van der Waals surface area contributed by atoms with Gasteiger partial charge in [-0.05, 0) is 42.8 Å². The van der Waals surface area contributed by atoms with Crippen LogP contribution in [0.1, 0.15) is 31.0 Å². The van der Waals surface area contributed by atoms with E-state index in [0.717, 1.165) is 10.1 Å². The van der Waals surface area contributed by atoms with Crippen molar-refractivity contribution in [3.05, 3.63) is 71.0 Å². The van der Waals surface area contributed by atoms with Crippen molar-refractivity contribution in [1.82, 2.24) is 9.55 Å². The van der Waals surface area contributed by atoms with E-state index in [9.17, 15) is 13.6 Å². The maximum Gasteiger partial charge on any atom is 0.331 e. The molecule has 2 aromatic carbocycles. The molecule has 4 nitrogen and oxygen atoms in total. The molecule has 0 saturated carbocycles. The topological polar surface area (TPSA) is 44.1 Å². The third kappa shape index (κ3) is 3.91. The number of alkyl halides is 2. The zero-order chi connectivity index (χ0) is 18.7. The second kappa shape index (κ2) is 7.66. The normalized spacial score (nSPS) is 12.8. The van der Waals surface area contributed by atoms with Gasteiger partial charge < -0.3 is 4.74 Å². The number of hydrogen-bond donors (Lipinski definition) is 0. The van der Waals surface area contributed by atoms with Gasteiger partial charge in [0.2, 0.25) is 0 Å². The van der Waals surface area contributed by atoms with Crippen LogP contribution in [0.3, 0.4) is 0 Å². The predicted octanol–water partition coefficient (Wildman–Crippen LogP) is 5.40. The Morgan fingerprint density at radius 1 is 1.19 bits per heavy atom. The maximum atomic E-state index is 13.4. The zero-order valence-electron chi connectivity index (χ0n) is 13.8. The molecule has 0 fully saturated rings. The van der Waals surface area contributed by atoms with Crippen LogP contribution >= 0.6 is 11.6 Å². The number of halogens is 3. The molecule has 26 heavy (non-hydrogen) atoms. The molecule has 0 spiro atoms. The lowest BCUT2D eigenvalue weighted by atomic mass is 10.2. The molecule has 0 saturated heterocycles. The minimum absolute atomic E-state index is 0.00515. The summed E-state index contributed by atoms with van der Waals surface area (Å²) in [6.07, 6.45) is 1.86. The fourth-order valence-corrected chi connectivity index (χ4v) is 2.69. The van der Waals surface area contributed by atoms with Gasteiger partial charge in [-0.2, -0.15) is 8.78 Å². The third-order valence-corrected chi connectivity index (χ3v) is 4.01. The van der Waals surface area contributed by atoms with E-state index >= 15 is 0 Å². The van der Waals surface area contributed by atoms with Gasteiger partial charge in [0.15, 0.2) is 11.9 Å². The molecule has 0 radical (unpaired) electrons. The zero-order valence-corrected chi connectivity index (χ0v) is 14.5. The summed E-state index contributed by atoms with van der Waals surface area (Å²) >= 11 is 5.80. The Morgan fingerprint density at radius 2 is 1.88 bits per heavy atom. The number of imidazole rings is 1. The van der Waals surface area contributed by atoms with E-state index in [1.54, 1.807) is 54.6 Å². The van der Waals surface area contributed by atoms with Crippen LogP contribution in [0.25, 0.3) is 17.1 Å². The largest absolute Gasteiger partial charge is 0.451 e. The van der Waals surface area contributed by atoms with Crippen LogP contribution in [-0.2, 0) is 9.53 Å². The van der Waals surface area contributed by atoms with Crippen molar-refractivity contribution in [2.75, 3.05) is 0 Å². The van der Waals surface area contributed by atoms with Gasteiger partial charge in [-0.25, -0.2) is 9.78 Å². The number of benzene rings is 2. The summed E-state index contributed by atoms with van der Waals surface area (Å²) < 4.78 is 32.9. The van der Waals surface area contributed by atoms with Crippen molar-refractivity contribution in [3.63, 3.8) is 0 Å². The smallest absolute Gasteiger partial charge is 0.331 e. The van der Waals surface area contributed by atoms with Crippen LogP contribution in [0.4, 0.5) is 8.78 Å². The Morgan fingerprint density at radius 3 is 2.58 bits per heavy atom. The van der Waals surface area contributed by atoms with Crippen molar-refractivity contribution >= 4 is 34.7 Å². The van der Waals surface area contributed by atoms with E-state index < -0.39 is 18.6 Å². The summed E-state index contributed by atoms with van der Waals surface area (Å²) in [7, 11) is 0. The summed E-state index contributed by atoms with van der Waals surface area (Å²) in [5, 5.41) is 0.587. The van der Waals surface area contributed by atoms with Crippen LogP contribution in [0, 0.1) is 0 Å². The number of nitrogens with zero attached hydrogens (tertiary/aromatic N) is 2. The first-order chi connectivity index (χ1) is 12.5. The summed E-state index contributed by atoms with van der Waals surface area (Å²) in [6.45, 7) is -1.28. The number of ether oxygens (including phenoxy) is 1. The molecule has 0 amide bonds. The molecule has 0 aliphatic heterocycles. The molecule has 0 bridgehead atoms. The van der Waals surface area contributed by atoms with Crippen LogP contribution in [0.5, 0.6) is 0 Å². The van der Waals surface area contributed by atoms with Crippen LogP contribution in [0.2, 0.25) is 5.02 Å². The minimum atomic E-state index is -2.79. The Balaban J connectivity index is 1.78. The van der Waals surface area contributed by atoms with Crippen molar-refractivity contribution in [2.45, 2.75) is 19.6 Å². The Kier molecular flexibility index (Phi) is 5.32. The summed E-state index contributed by atoms with van der Waals surface area (Å²) in [4.78, 5) is 16.2. The first kappa shape index (κ1) is 18.1. The van der Waals surface area contributed by atoms with Gasteiger partial charge in [0.05, 0.1) is 11.0 Å². The van der Waals surface area contributed by atoms with Crippen LogP contribution < -0.4 is 0 Å². The highest BCUT2D eigenvalue weighted by molar-refractivity contribution is 6.30. The lowest BCUT2D eigenvalue weighted by Crippen LogP contribution is -2.13. The molecule has 0 N–H and O–H groups in total. The molecule has 134 valence electrons. The average Bonchev–Trinajstić information content (AvgIpc) is 3.01. The minimum Gasteiger partial charge on any atom is -0.451 e. The van der Waals surface area contributed by atoms with Gasteiger partial charge in [0.1, 0.15) is 0 Å². The maximum absolute atomic E-state index is 13.4. The van der Waals surface area contributed by atoms with E-state index in [0.29, 0.717) is 10.5 Å². The van der Waals surface area contributed by atoms with Gasteiger partial charge in [-0.3, -0.25) is 4.57 Å². The van der Waals surface area contributed by atoms with E-state index in [1.807, 2.05) is 0 Å². The monoisotopic (exact) mass is 376 g/mol. The third-order valence-electron chi connectivity index (χ3n) is 3.76. The van der Waals surface area contributed by atoms with Crippen LogP contribution in [0.15, 0.2) is 54.6 Å². The molecule has 1 aromatic heterocycles. The SMILES string of the molecule is CC(OC(=O)/C=C/c1ccc(Cl)cc1)c1nc2ccccc2n1C(F)F. The quantitative estimate of drug-likeness (QED) is 0.442. The second-order valence-electron chi connectivity index (χ2n) is 5.57. The Bertz CT molecular complexity index is 952. The highest BCUT2D eigenvalue weighted by atomic mass is 35.5. The number of carbonyl (C=O) groups is 1. The molecule has 0 aliphatic carbocycles. The fraction of sp³-hybridized carbons (Fsp3) is 0.158. The van der Waals surface area contributed by atoms with E-state index in [4.69, 9.17) is 16.3 Å². The van der Waals surface area contributed by atoms with Gasteiger partial charge in [0, 0.05) is 11.1 Å². The lowest BCUT2D eigenvalue weighted by Gasteiger charge is -2.14. The standard InChI is InChI=1S/C19H15ClF2N2O2/c1-12(26-17(25)11-8-13-6-9-14(20)10-7-13)18-23-15-4-2-3-5-16(15)24(18)19(21)22/h2-12,19H,1H3/b11-8+. The van der Waals surface area contributed by atoms with E-state index in [2.05, 4.69) is 4.98 Å². The number of carbonyl (C=O) groups excluding carboxylic acids is 1. The average molecular weight is 377 g/mol. The van der Waals surface area contributed by atoms with Crippen LogP contribution in [-0.4, -0.2) is 15.5 Å². The number of rotatable bonds is 5. The molecule has 0 aliphatic rings. The van der Waals surface area contributed by atoms with Crippen molar-refractivity contribution < 1.29 is 18.3 Å².